The van der Waals surface area contributed by atoms with Crippen LogP contribution in [0.3, 0.4) is 0 Å². The molecule has 0 aromatic heterocycles. The van der Waals surface area contributed by atoms with Gasteiger partial charge in [0.1, 0.15) is 19.3 Å². The molecule has 0 saturated carbocycles. The van der Waals surface area contributed by atoms with Crippen molar-refractivity contribution >= 4 is 39.5 Å². The second-order valence-corrected chi connectivity index (χ2v) is 32.3. The van der Waals surface area contributed by atoms with Crippen LogP contribution in [0.1, 0.15) is 414 Å². The van der Waals surface area contributed by atoms with Crippen LogP contribution in [-0.4, -0.2) is 96.7 Å². The lowest BCUT2D eigenvalue weighted by molar-refractivity contribution is -0.161. The number of aliphatic hydroxyl groups is 1. The number of ether oxygens (including phenoxy) is 4. The maximum absolute atomic E-state index is 13.1. The maximum atomic E-state index is 13.1. The number of unbranched alkanes of at least 4 members (excludes halogenated alkanes) is 48. The molecule has 0 aliphatic heterocycles. The Morgan fingerprint density at radius 1 is 0.276 bits per heavy atom. The van der Waals surface area contributed by atoms with Gasteiger partial charge in [-0.2, -0.15) is 0 Å². The van der Waals surface area contributed by atoms with Gasteiger partial charge in [-0.1, -0.05) is 363 Å². The number of rotatable bonds is 78. The molecule has 582 valence electrons. The van der Waals surface area contributed by atoms with Crippen molar-refractivity contribution in [2.24, 2.45) is 11.8 Å². The zero-order valence-electron chi connectivity index (χ0n) is 64.1. The fraction of sp³-hybridized carbons (Fsp3) is 0.949. The van der Waals surface area contributed by atoms with E-state index in [1.54, 1.807) is 0 Å². The number of carbonyl (C=O) groups is 4. The molecule has 17 nitrogen and oxygen atoms in total. The summed E-state index contributed by atoms with van der Waals surface area (Å²) in [7, 11) is -9.91. The molecule has 98 heavy (non-hydrogen) atoms. The van der Waals surface area contributed by atoms with Crippen molar-refractivity contribution in [3.8, 4) is 0 Å². The summed E-state index contributed by atoms with van der Waals surface area (Å²) in [6.45, 7) is 9.49. The van der Waals surface area contributed by atoms with Gasteiger partial charge in [0.15, 0.2) is 12.2 Å². The largest absolute Gasteiger partial charge is 0.472 e. The minimum absolute atomic E-state index is 0.103. The van der Waals surface area contributed by atoms with Crippen LogP contribution in [-0.2, 0) is 65.4 Å². The summed E-state index contributed by atoms with van der Waals surface area (Å²) in [6.07, 6.45) is 60.1. The smallest absolute Gasteiger partial charge is 0.462 e. The molecule has 3 N–H and O–H groups in total. The standard InChI is InChI=1S/C79H154O17P2/c1-7-9-11-13-15-17-19-21-23-25-26-27-28-29-30-32-34-36-38-44-51-57-63-78(83)95-74(67-89-76(81)61-55-49-43-37-35-33-31-24-22-20-18-16-14-12-10-8-2)69-93-97(85,86)91-65-73(80)66-92-98(87,88)94-70-75(96-79(84)64-58-52-46-40-42-48-54-60-72(5)6)68-90-77(82)62-56-50-45-39-41-47-53-59-71(3)4/h71-75,80H,7-70H2,1-6H3,(H,85,86)(H,87,88)/t73-,74-,75-/m1/s1. The SMILES string of the molecule is CCCCCCCCCCCCCCCCCCCCCCCCC(=O)O[C@H](COC(=O)CCCCCCCCCCCCCCCCCC)COP(=O)(O)OC[C@@H](O)COP(=O)(O)OC[C@@H](COC(=O)CCCCCCCCCC(C)C)OC(=O)CCCCCCCCCC(C)C. The van der Waals surface area contributed by atoms with E-state index in [4.69, 9.17) is 37.0 Å². The van der Waals surface area contributed by atoms with Gasteiger partial charge in [0, 0.05) is 25.7 Å². The molecule has 0 amide bonds. The van der Waals surface area contributed by atoms with E-state index in [-0.39, 0.29) is 25.7 Å². The van der Waals surface area contributed by atoms with Crippen molar-refractivity contribution in [2.45, 2.75) is 432 Å². The zero-order chi connectivity index (χ0) is 72.1. The first-order valence-electron chi connectivity index (χ1n) is 41.0. The third-order valence-corrected chi connectivity index (χ3v) is 20.4. The molecule has 5 atom stereocenters. The maximum Gasteiger partial charge on any atom is 0.472 e. The molecular weight excluding hydrogens is 1280 g/mol. The number of hydrogen-bond acceptors (Lipinski definition) is 15. The minimum Gasteiger partial charge on any atom is -0.462 e. The lowest BCUT2D eigenvalue weighted by atomic mass is 10.0. The topological polar surface area (TPSA) is 237 Å². The molecule has 0 aromatic carbocycles. The molecule has 0 fully saturated rings. The molecule has 19 heteroatoms. The molecular formula is C79H154O17P2. The Kier molecular flexibility index (Phi) is 69.3. The van der Waals surface area contributed by atoms with Gasteiger partial charge in [0.25, 0.3) is 0 Å². The third-order valence-electron chi connectivity index (χ3n) is 18.5. The first-order chi connectivity index (χ1) is 47.4. The normalized spacial score (nSPS) is 13.9. The molecule has 0 rings (SSSR count). The van der Waals surface area contributed by atoms with Gasteiger partial charge < -0.3 is 33.8 Å². The van der Waals surface area contributed by atoms with Gasteiger partial charge in [0.05, 0.1) is 26.4 Å². The minimum atomic E-state index is -4.96. The Morgan fingerprint density at radius 3 is 0.694 bits per heavy atom. The molecule has 0 saturated heterocycles. The summed E-state index contributed by atoms with van der Waals surface area (Å²) in [4.78, 5) is 72.8. The number of hydrogen-bond donors (Lipinski definition) is 3. The van der Waals surface area contributed by atoms with Gasteiger partial charge in [0.2, 0.25) is 0 Å². The highest BCUT2D eigenvalue weighted by Crippen LogP contribution is 2.45. The van der Waals surface area contributed by atoms with Crippen LogP contribution in [0.15, 0.2) is 0 Å². The lowest BCUT2D eigenvalue weighted by Gasteiger charge is -2.21. The van der Waals surface area contributed by atoms with Gasteiger partial charge >= 0.3 is 39.5 Å². The predicted molar refractivity (Wildman–Crippen MR) is 400 cm³/mol. The Labute approximate surface area is 600 Å². The van der Waals surface area contributed by atoms with E-state index in [9.17, 15) is 43.2 Å². The molecule has 0 aliphatic rings. The fourth-order valence-electron chi connectivity index (χ4n) is 12.2. The lowest BCUT2D eigenvalue weighted by Crippen LogP contribution is -2.30. The average molecular weight is 1440 g/mol. The second-order valence-electron chi connectivity index (χ2n) is 29.4. The van der Waals surface area contributed by atoms with Crippen molar-refractivity contribution in [1.29, 1.82) is 0 Å². The highest BCUT2D eigenvalue weighted by molar-refractivity contribution is 7.47. The highest BCUT2D eigenvalue weighted by Gasteiger charge is 2.30. The van der Waals surface area contributed by atoms with Crippen LogP contribution in [0.2, 0.25) is 0 Å². The van der Waals surface area contributed by atoms with E-state index >= 15 is 0 Å². The summed E-state index contributed by atoms with van der Waals surface area (Å²) >= 11 is 0. The van der Waals surface area contributed by atoms with E-state index < -0.39 is 97.5 Å². The highest BCUT2D eigenvalue weighted by atomic mass is 31.2. The number of aliphatic hydroxyl groups excluding tert-OH is 1. The van der Waals surface area contributed by atoms with Crippen LogP contribution >= 0.6 is 15.6 Å². The molecule has 0 bridgehead atoms. The van der Waals surface area contributed by atoms with E-state index in [2.05, 4.69) is 41.5 Å². The van der Waals surface area contributed by atoms with E-state index in [1.165, 1.54) is 225 Å². The van der Waals surface area contributed by atoms with E-state index in [1.807, 2.05) is 0 Å². The van der Waals surface area contributed by atoms with Crippen LogP contribution in [0.25, 0.3) is 0 Å². The van der Waals surface area contributed by atoms with Crippen molar-refractivity contribution in [2.75, 3.05) is 39.6 Å². The Morgan fingerprint density at radius 2 is 0.469 bits per heavy atom. The van der Waals surface area contributed by atoms with E-state index in [0.29, 0.717) is 37.5 Å². The molecule has 0 radical (unpaired) electrons. The summed E-state index contributed by atoms with van der Waals surface area (Å²) in [6, 6.07) is 0. The van der Waals surface area contributed by atoms with Gasteiger partial charge in [-0.15, -0.1) is 0 Å². The molecule has 2 unspecified atom stereocenters. The fourth-order valence-corrected chi connectivity index (χ4v) is 13.8. The van der Waals surface area contributed by atoms with Crippen LogP contribution in [0, 0.1) is 11.8 Å². The zero-order valence-corrected chi connectivity index (χ0v) is 65.9. The second kappa shape index (κ2) is 70.7. The predicted octanol–water partition coefficient (Wildman–Crippen LogP) is 23.5. The number of phosphoric acid groups is 2. The van der Waals surface area contributed by atoms with Crippen LogP contribution in [0.5, 0.6) is 0 Å². The Bertz CT molecular complexity index is 1890. The Balaban J connectivity index is 5.18. The average Bonchev–Trinajstić information content (AvgIpc) is 1.08. The molecule has 0 aliphatic carbocycles. The van der Waals surface area contributed by atoms with Crippen LogP contribution < -0.4 is 0 Å². The van der Waals surface area contributed by atoms with Crippen molar-refractivity contribution in [1.82, 2.24) is 0 Å². The summed E-state index contributed by atoms with van der Waals surface area (Å²) < 4.78 is 68.5. The van der Waals surface area contributed by atoms with Crippen molar-refractivity contribution in [3.05, 3.63) is 0 Å². The molecule has 0 heterocycles. The van der Waals surface area contributed by atoms with E-state index in [0.717, 1.165) is 96.3 Å². The first-order valence-corrected chi connectivity index (χ1v) is 44.0. The summed E-state index contributed by atoms with van der Waals surface area (Å²) in [5.41, 5.74) is 0. The third kappa shape index (κ3) is 72.4. The number of esters is 4. The van der Waals surface area contributed by atoms with Gasteiger partial charge in [-0.05, 0) is 37.5 Å². The van der Waals surface area contributed by atoms with Crippen molar-refractivity contribution < 1.29 is 80.2 Å². The first kappa shape index (κ1) is 96.1. The monoisotopic (exact) mass is 1440 g/mol. The van der Waals surface area contributed by atoms with Gasteiger partial charge in [-0.25, -0.2) is 9.13 Å². The van der Waals surface area contributed by atoms with Gasteiger partial charge in [-0.3, -0.25) is 37.3 Å². The Hall–Kier alpha value is -1.94. The van der Waals surface area contributed by atoms with Crippen molar-refractivity contribution in [3.63, 3.8) is 0 Å². The summed E-state index contributed by atoms with van der Waals surface area (Å²) in [5.74, 6) is -0.716. The quantitative estimate of drug-likeness (QED) is 0.0222. The molecule has 0 spiro atoms. The summed E-state index contributed by atoms with van der Waals surface area (Å²) in [5, 5.41) is 10.6. The number of phosphoric ester groups is 2. The van der Waals surface area contributed by atoms with Crippen LogP contribution in [0.4, 0.5) is 0 Å². The number of carbonyl (C=O) groups excluding carboxylic acids is 4. The molecule has 0 aromatic rings.